The van der Waals surface area contributed by atoms with Gasteiger partial charge >= 0.3 is 0 Å². The molecule has 0 saturated heterocycles. The van der Waals surface area contributed by atoms with E-state index in [4.69, 9.17) is 5.73 Å². The van der Waals surface area contributed by atoms with Crippen LogP contribution in [0.2, 0.25) is 0 Å². The van der Waals surface area contributed by atoms with Gasteiger partial charge in [0.15, 0.2) is 0 Å². The van der Waals surface area contributed by atoms with Crippen molar-refractivity contribution < 1.29 is 5.11 Å². The van der Waals surface area contributed by atoms with Gasteiger partial charge in [0.2, 0.25) is 0 Å². The van der Waals surface area contributed by atoms with Crippen molar-refractivity contribution in [2.75, 3.05) is 5.73 Å². The standard InChI is InChI=1S/C15H26N2O/c1-5-7-14(15(3,4)18)17-10-12-8-6-9-13(16)11(12)2/h6,8-9,14,17-18H,5,7,10,16H2,1-4H3. The van der Waals surface area contributed by atoms with Gasteiger partial charge in [-0.1, -0.05) is 25.5 Å². The van der Waals surface area contributed by atoms with Gasteiger partial charge in [-0.15, -0.1) is 0 Å². The summed E-state index contributed by atoms with van der Waals surface area (Å²) in [5.74, 6) is 0. The number of hydrogen-bond acceptors (Lipinski definition) is 3. The molecule has 0 amide bonds. The predicted molar refractivity (Wildman–Crippen MR) is 77.4 cm³/mol. The minimum absolute atomic E-state index is 0.100. The zero-order valence-corrected chi connectivity index (χ0v) is 12.0. The van der Waals surface area contributed by atoms with E-state index < -0.39 is 5.60 Å². The van der Waals surface area contributed by atoms with Crippen molar-refractivity contribution in [3.63, 3.8) is 0 Å². The molecule has 1 unspecified atom stereocenters. The summed E-state index contributed by atoms with van der Waals surface area (Å²) in [5, 5.41) is 13.6. The third-order valence-corrected chi connectivity index (χ3v) is 3.46. The lowest BCUT2D eigenvalue weighted by Crippen LogP contribution is -2.46. The van der Waals surface area contributed by atoms with Crippen LogP contribution in [0.15, 0.2) is 18.2 Å². The Hall–Kier alpha value is -1.06. The van der Waals surface area contributed by atoms with E-state index in [1.807, 2.05) is 32.9 Å². The number of nitrogen functional groups attached to an aromatic ring is 1. The second-order valence-electron chi connectivity index (χ2n) is 5.51. The first-order chi connectivity index (χ1) is 8.36. The summed E-state index contributed by atoms with van der Waals surface area (Å²) < 4.78 is 0. The van der Waals surface area contributed by atoms with E-state index >= 15 is 0 Å². The van der Waals surface area contributed by atoms with Crippen molar-refractivity contribution in [1.29, 1.82) is 0 Å². The minimum atomic E-state index is -0.704. The van der Waals surface area contributed by atoms with Crippen LogP contribution in [0.3, 0.4) is 0 Å². The average molecular weight is 250 g/mol. The highest BCUT2D eigenvalue weighted by Gasteiger charge is 2.25. The Labute approximate surface area is 110 Å². The molecule has 4 N–H and O–H groups in total. The largest absolute Gasteiger partial charge is 0.399 e. The highest BCUT2D eigenvalue weighted by atomic mass is 16.3. The molecule has 0 aliphatic heterocycles. The van der Waals surface area contributed by atoms with E-state index in [1.165, 1.54) is 5.56 Å². The summed E-state index contributed by atoms with van der Waals surface area (Å²) >= 11 is 0. The van der Waals surface area contributed by atoms with Gasteiger partial charge in [-0.2, -0.15) is 0 Å². The first kappa shape index (κ1) is 15.0. The van der Waals surface area contributed by atoms with Gasteiger partial charge in [-0.05, 0) is 44.4 Å². The summed E-state index contributed by atoms with van der Waals surface area (Å²) in [5.41, 5.74) is 8.33. The molecule has 1 aromatic carbocycles. The molecule has 1 rings (SSSR count). The fourth-order valence-electron chi connectivity index (χ4n) is 2.12. The summed E-state index contributed by atoms with van der Waals surface area (Å²) in [6.45, 7) is 8.61. The molecule has 18 heavy (non-hydrogen) atoms. The molecule has 0 saturated carbocycles. The van der Waals surface area contributed by atoms with Crippen LogP contribution in [0.1, 0.15) is 44.7 Å². The Kier molecular flexibility index (Phi) is 5.17. The number of hydrogen-bond donors (Lipinski definition) is 3. The molecule has 0 spiro atoms. The number of nitrogens with one attached hydrogen (secondary N) is 1. The number of aliphatic hydroxyl groups is 1. The monoisotopic (exact) mass is 250 g/mol. The zero-order chi connectivity index (χ0) is 13.8. The second-order valence-corrected chi connectivity index (χ2v) is 5.51. The Bertz CT molecular complexity index is 383. The molecule has 3 heteroatoms. The molecular formula is C15H26N2O. The highest BCUT2D eigenvalue weighted by molar-refractivity contribution is 5.49. The number of nitrogens with two attached hydrogens (primary N) is 1. The topological polar surface area (TPSA) is 58.3 Å². The Morgan fingerprint density at radius 2 is 2.06 bits per heavy atom. The first-order valence-electron chi connectivity index (χ1n) is 6.66. The quantitative estimate of drug-likeness (QED) is 0.680. The second kappa shape index (κ2) is 6.21. The summed E-state index contributed by atoms with van der Waals surface area (Å²) in [6.07, 6.45) is 2.02. The van der Waals surface area contributed by atoms with Crippen LogP contribution in [0.5, 0.6) is 0 Å². The van der Waals surface area contributed by atoms with Crippen molar-refractivity contribution >= 4 is 5.69 Å². The molecule has 102 valence electrons. The minimum Gasteiger partial charge on any atom is -0.399 e. The van der Waals surface area contributed by atoms with Crippen LogP contribution in [0.4, 0.5) is 5.69 Å². The average Bonchev–Trinajstić information content (AvgIpc) is 2.28. The maximum atomic E-state index is 10.1. The van der Waals surface area contributed by atoms with E-state index in [9.17, 15) is 5.11 Å². The van der Waals surface area contributed by atoms with Crippen molar-refractivity contribution in [3.8, 4) is 0 Å². The van der Waals surface area contributed by atoms with E-state index in [-0.39, 0.29) is 6.04 Å². The molecule has 0 radical (unpaired) electrons. The summed E-state index contributed by atoms with van der Waals surface area (Å²) in [7, 11) is 0. The molecule has 1 atom stereocenters. The predicted octanol–water partition coefficient (Wildman–Crippen LogP) is 2.61. The molecule has 0 bridgehead atoms. The van der Waals surface area contributed by atoms with Crippen LogP contribution in [-0.4, -0.2) is 16.7 Å². The number of benzene rings is 1. The summed E-state index contributed by atoms with van der Waals surface area (Å²) in [6, 6.07) is 6.06. The lowest BCUT2D eigenvalue weighted by atomic mass is 9.94. The van der Waals surface area contributed by atoms with Gasteiger partial charge in [0.1, 0.15) is 0 Å². The third kappa shape index (κ3) is 4.00. The van der Waals surface area contributed by atoms with Gasteiger partial charge in [0.25, 0.3) is 0 Å². The van der Waals surface area contributed by atoms with Gasteiger partial charge in [0, 0.05) is 18.3 Å². The Morgan fingerprint density at radius 3 is 2.61 bits per heavy atom. The molecule has 0 heterocycles. The molecule has 1 aromatic rings. The van der Waals surface area contributed by atoms with Crippen molar-refractivity contribution in [2.24, 2.45) is 0 Å². The maximum Gasteiger partial charge on any atom is 0.0744 e. The fraction of sp³-hybridized carbons (Fsp3) is 0.600. The van der Waals surface area contributed by atoms with Gasteiger partial charge < -0.3 is 16.2 Å². The van der Waals surface area contributed by atoms with E-state index in [2.05, 4.69) is 18.3 Å². The van der Waals surface area contributed by atoms with Crippen LogP contribution < -0.4 is 11.1 Å². The highest BCUT2D eigenvalue weighted by Crippen LogP contribution is 2.18. The van der Waals surface area contributed by atoms with Crippen LogP contribution in [0, 0.1) is 6.92 Å². The van der Waals surface area contributed by atoms with Crippen LogP contribution in [0.25, 0.3) is 0 Å². The van der Waals surface area contributed by atoms with Crippen molar-refractivity contribution in [3.05, 3.63) is 29.3 Å². The number of rotatable bonds is 6. The van der Waals surface area contributed by atoms with E-state index in [1.54, 1.807) is 0 Å². The Morgan fingerprint density at radius 1 is 1.39 bits per heavy atom. The summed E-state index contributed by atoms with van der Waals surface area (Å²) in [4.78, 5) is 0. The molecule has 3 nitrogen and oxygen atoms in total. The van der Waals surface area contributed by atoms with Crippen molar-refractivity contribution in [1.82, 2.24) is 5.32 Å². The van der Waals surface area contributed by atoms with Crippen LogP contribution in [-0.2, 0) is 6.54 Å². The number of anilines is 1. The van der Waals surface area contributed by atoms with Crippen LogP contribution >= 0.6 is 0 Å². The zero-order valence-electron chi connectivity index (χ0n) is 12.0. The van der Waals surface area contributed by atoms with Gasteiger partial charge in [-0.25, -0.2) is 0 Å². The maximum absolute atomic E-state index is 10.1. The van der Waals surface area contributed by atoms with E-state index in [0.717, 1.165) is 30.6 Å². The van der Waals surface area contributed by atoms with Crippen molar-refractivity contribution in [2.45, 2.75) is 58.7 Å². The molecule has 0 aliphatic carbocycles. The Balaban J connectivity index is 2.70. The first-order valence-corrected chi connectivity index (χ1v) is 6.66. The molecular weight excluding hydrogens is 224 g/mol. The lowest BCUT2D eigenvalue weighted by Gasteiger charge is -2.30. The lowest BCUT2D eigenvalue weighted by molar-refractivity contribution is 0.0334. The van der Waals surface area contributed by atoms with Gasteiger partial charge in [-0.3, -0.25) is 0 Å². The fourth-order valence-corrected chi connectivity index (χ4v) is 2.12. The smallest absolute Gasteiger partial charge is 0.0744 e. The normalized spacial score (nSPS) is 13.6. The third-order valence-electron chi connectivity index (χ3n) is 3.46. The molecule has 0 fully saturated rings. The SMILES string of the molecule is CCCC(NCc1cccc(N)c1C)C(C)(C)O. The molecule has 0 aliphatic rings. The molecule has 0 aromatic heterocycles. The van der Waals surface area contributed by atoms with E-state index in [0.29, 0.717) is 0 Å². The van der Waals surface area contributed by atoms with Gasteiger partial charge in [0.05, 0.1) is 5.60 Å².